The Bertz CT molecular complexity index is 985. The fraction of sp³-hybridized carbons (Fsp3) is 0.353. The van der Waals surface area contributed by atoms with Gasteiger partial charge in [0.2, 0.25) is 5.95 Å². The number of alkyl halides is 3. The standard InChI is InChI=1S/C17H17F3N6O/c1-2-21-15-11(17(18,19)20)9-22-16(25-15)24-12-4-5-13-14-10(12)8-23-26(14)6-3-7-27-13/h4-5,8-9H,2-3,6-7H2,1H3,(H2,21,22,24,25). The maximum absolute atomic E-state index is 13.1. The van der Waals surface area contributed by atoms with Gasteiger partial charge >= 0.3 is 6.18 Å². The van der Waals surface area contributed by atoms with E-state index in [9.17, 15) is 13.2 Å². The molecule has 1 aromatic carbocycles. The Balaban J connectivity index is 1.72. The number of ether oxygens (including phenoxy) is 1. The minimum Gasteiger partial charge on any atom is -0.491 e. The van der Waals surface area contributed by atoms with Crippen molar-refractivity contribution in [3.05, 3.63) is 30.1 Å². The van der Waals surface area contributed by atoms with Gasteiger partial charge in [-0.05, 0) is 19.1 Å². The Morgan fingerprint density at radius 2 is 2.11 bits per heavy atom. The van der Waals surface area contributed by atoms with E-state index < -0.39 is 11.7 Å². The molecular weight excluding hydrogens is 361 g/mol. The van der Waals surface area contributed by atoms with Crippen LogP contribution in [0, 0.1) is 0 Å². The Labute approximate surface area is 152 Å². The maximum Gasteiger partial charge on any atom is 0.421 e. The Kier molecular flexibility index (Phi) is 4.25. The topological polar surface area (TPSA) is 76.9 Å². The molecule has 10 heteroatoms. The first-order valence-corrected chi connectivity index (χ1v) is 8.54. The number of anilines is 3. The van der Waals surface area contributed by atoms with Crippen LogP contribution in [0.4, 0.5) is 30.6 Å². The maximum atomic E-state index is 13.1. The van der Waals surface area contributed by atoms with E-state index in [-0.39, 0.29) is 11.8 Å². The van der Waals surface area contributed by atoms with Crippen LogP contribution in [0.15, 0.2) is 24.5 Å². The average molecular weight is 378 g/mol. The summed E-state index contributed by atoms with van der Waals surface area (Å²) in [6.45, 7) is 3.36. The van der Waals surface area contributed by atoms with Gasteiger partial charge < -0.3 is 15.4 Å². The molecule has 2 N–H and O–H groups in total. The van der Waals surface area contributed by atoms with Crippen molar-refractivity contribution < 1.29 is 17.9 Å². The summed E-state index contributed by atoms with van der Waals surface area (Å²) in [5, 5.41) is 10.8. The largest absolute Gasteiger partial charge is 0.491 e. The quantitative estimate of drug-likeness (QED) is 0.719. The Morgan fingerprint density at radius 1 is 1.26 bits per heavy atom. The number of aromatic nitrogens is 4. The molecule has 0 fully saturated rings. The van der Waals surface area contributed by atoms with Crippen molar-refractivity contribution in [2.75, 3.05) is 23.8 Å². The zero-order valence-electron chi connectivity index (χ0n) is 14.5. The second-order valence-electron chi connectivity index (χ2n) is 6.05. The van der Waals surface area contributed by atoms with Crippen LogP contribution < -0.4 is 15.4 Å². The molecule has 3 aromatic rings. The van der Waals surface area contributed by atoms with Crippen LogP contribution in [-0.2, 0) is 12.7 Å². The van der Waals surface area contributed by atoms with E-state index in [0.29, 0.717) is 18.8 Å². The highest BCUT2D eigenvalue weighted by molar-refractivity contribution is 5.96. The minimum absolute atomic E-state index is 0.0662. The van der Waals surface area contributed by atoms with E-state index >= 15 is 0 Å². The highest BCUT2D eigenvalue weighted by atomic mass is 19.4. The molecule has 0 bridgehead atoms. The zero-order chi connectivity index (χ0) is 19.0. The van der Waals surface area contributed by atoms with Crippen molar-refractivity contribution >= 4 is 28.4 Å². The van der Waals surface area contributed by atoms with Gasteiger partial charge in [0.05, 0.1) is 18.5 Å². The fourth-order valence-electron chi connectivity index (χ4n) is 3.03. The SMILES string of the molecule is CCNc1nc(Nc2ccc3c4c2cnn4CCCO3)ncc1C(F)(F)F. The lowest BCUT2D eigenvalue weighted by Gasteiger charge is -2.14. The summed E-state index contributed by atoms with van der Waals surface area (Å²) in [4.78, 5) is 7.83. The normalized spacial score (nSPS) is 13.9. The van der Waals surface area contributed by atoms with E-state index in [1.54, 1.807) is 19.2 Å². The molecule has 0 unspecified atom stereocenters. The summed E-state index contributed by atoms with van der Waals surface area (Å²) in [6, 6.07) is 3.59. The molecule has 0 aliphatic carbocycles. The summed E-state index contributed by atoms with van der Waals surface area (Å²) in [6.07, 6.45) is -1.20. The second-order valence-corrected chi connectivity index (χ2v) is 6.05. The molecule has 3 heterocycles. The van der Waals surface area contributed by atoms with Crippen LogP contribution in [0.1, 0.15) is 18.9 Å². The number of rotatable bonds is 4. The number of hydrogen-bond donors (Lipinski definition) is 2. The third-order valence-corrected chi connectivity index (χ3v) is 4.22. The van der Waals surface area contributed by atoms with Gasteiger partial charge in [-0.3, -0.25) is 4.68 Å². The molecule has 0 spiro atoms. The number of aryl methyl sites for hydroxylation is 1. The number of nitrogens with zero attached hydrogens (tertiary/aromatic N) is 4. The van der Waals surface area contributed by atoms with Crippen LogP contribution in [0.25, 0.3) is 10.9 Å². The van der Waals surface area contributed by atoms with Gasteiger partial charge in [0.15, 0.2) is 0 Å². The summed E-state index contributed by atoms with van der Waals surface area (Å²) >= 11 is 0. The smallest absolute Gasteiger partial charge is 0.421 e. The zero-order valence-corrected chi connectivity index (χ0v) is 14.5. The molecule has 7 nitrogen and oxygen atoms in total. The first-order chi connectivity index (χ1) is 13.0. The van der Waals surface area contributed by atoms with E-state index in [4.69, 9.17) is 4.74 Å². The molecule has 1 aliphatic rings. The minimum atomic E-state index is -4.53. The van der Waals surface area contributed by atoms with Crippen molar-refractivity contribution in [1.29, 1.82) is 0 Å². The lowest BCUT2D eigenvalue weighted by Crippen LogP contribution is -2.14. The first kappa shape index (κ1) is 17.4. The van der Waals surface area contributed by atoms with Crippen LogP contribution in [-0.4, -0.2) is 32.9 Å². The van der Waals surface area contributed by atoms with Crippen LogP contribution in [0.5, 0.6) is 5.75 Å². The van der Waals surface area contributed by atoms with E-state index in [1.807, 2.05) is 10.7 Å². The molecule has 0 amide bonds. The molecule has 0 saturated heterocycles. The predicted molar refractivity (Wildman–Crippen MR) is 94.3 cm³/mol. The Morgan fingerprint density at radius 3 is 2.89 bits per heavy atom. The third-order valence-electron chi connectivity index (χ3n) is 4.22. The fourth-order valence-corrected chi connectivity index (χ4v) is 3.03. The van der Waals surface area contributed by atoms with Crippen LogP contribution >= 0.6 is 0 Å². The van der Waals surface area contributed by atoms with E-state index in [2.05, 4.69) is 25.7 Å². The van der Waals surface area contributed by atoms with Gasteiger partial charge in [-0.25, -0.2) is 4.98 Å². The molecule has 0 saturated carbocycles. The molecular formula is C17H17F3N6O. The average Bonchev–Trinajstić information content (AvgIpc) is 2.93. The monoisotopic (exact) mass is 378 g/mol. The number of benzene rings is 1. The summed E-state index contributed by atoms with van der Waals surface area (Å²) in [5.41, 5.74) is 0.589. The van der Waals surface area contributed by atoms with E-state index in [1.165, 1.54) is 0 Å². The van der Waals surface area contributed by atoms with Gasteiger partial charge in [-0.15, -0.1) is 0 Å². The number of nitrogens with one attached hydrogen (secondary N) is 2. The van der Waals surface area contributed by atoms with Gasteiger partial charge in [-0.1, -0.05) is 0 Å². The van der Waals surface area contributed by atoms with Crippen LogP contribution in [0.2, 0.25) is 0 Å². The molecule has 27 heavy (non-hydrogen) atoms. The Hall–Kier alpha value is -3.04. The van der Waals surface area contributed by atoms with Crippen LogP contribution in [0.3, 0.4) is 0 Å². The molecule has 0 atom stereocenters. The molecule has 0 radical (unpaired) electrons. The molecule has 1 aliphatic heterocycles. The van der Waals surface area contributed by atoms with Crippen molar-refractivity contribution in [2.24, 2.45) is 0 Å². The van der Waals surface area contributed by atoms with Crippen molar-refractivity contribution in [3.63, 3.8) is 0 Å². The number of hydrogen-bond acceptors (Lipinski definition) is 6. The summed E-state index contributed by atoms with van der Waals surface area (Å²) < 4.78 is 46.9. The second kappa shape index (κ2) is 6.60. The van der Waals surface area contributed by atoms with Gasteiger partial charge in [0, 0.05) is 31.1 Å². The van der Waals surface area contributed by atoms with Crippen molar-refractivity contribution in [1.82, 2.24) is 19.7 Å². The van der Waals surface area contributed by atoms with Crippen molar-refractivity contribution in [3.8, 4) is 5.75 Å². The lowest BCUT2D eigenvalue weighted by molar-refractivity contribution is -0.137. The summed E-state index contributed by atoms with van der Waals surface area (Å²) in [7, 11) is 0. The predicted octanol–water partition coefficient (Wildman–Crippen LogP) is 3.80. The van der Waals surface area contributed by atoms with Gasteiger partial charge in [-0.2, -0.15) is 23.3 Å². The highest BCUT2D eigenvalue weighted by Gasteiger charge is 2.35. The van der Waals surface area contributed by atoms with Crippen molar-refractivity contribution in [2.45, 2.75) is 26.1 Å². The molecule has 2 aromatic heterocycles. The highest BCUT2D eigenvalue weighted by Crippen LogP contribution is 2.36. The lowest BCUT2D eigenvalue weighted by atomic mass is 10.2. The molecule has 4 rings (SSSR count). The van der Waals surface area contributed by atoms with Gasteiger partial charge in [0.25, 0.3) is 0 Å². The number of halogens is 3. The molecule has 142 valence electrons. The third kappa shape index (κ3) is 3.22. The van der Waals surface area contributed by atoms with Gasteiger partial charge in [0.1, 0.15) is 22.6 Å². The van der Waals surface area contributed by atoms with E-state index in [0.717, 1.165) is 35.8 Å². The first-order valence-electron chi connectivity index (χ1n) is 8.54. The summed E-state index contributed by atoms with van der Waals surface area (Å²) in [5.74, 6) is 0.538.